The summed E-state index contributed by atoms with van der Waals surface area (Å²) in [5, 5.41) is 0. The Morgan fingerprint density at radius 2 is 1.74 bits per heavy atom. The predicted molar refractivity (Wildman–Crippen MR) is 107 cm³/mol. The van der Waals surface area contributed by atoms with Crippen molar-refractivity contribution in [2.45, 2.75) is 58.3 Å². The van der Waals surface area contributed by atoms with Crippen LogP contribution in [0.2, 0.25) is 0 Å². The Kier molecular flexibility index (Phi) is 3.93. The van der Waals surface area contributed by atoms with Crippen molar-refractivity contribution in [3.05, 3.63) is 59.2 Å². The maximum Gasteiger partial charge on any atom is 0.139 e. The van der Waals surface area contributed by atoms with Crippen LogP contribution in [0.4, 0.5) is 0 Å². The molecule has 2 fully saturated rings. The molecular weight excluding hydrogens is 332 g/mol. The quantitative estimate of drug-likeness (QED) is 0.636. The van der Waals surface area contributed by atoms with Crippen molar-refractivity contribution in [2.75, 3.05) is 0 Å². The summed E-state index contributed by atoms with van der Waals surface area (Å²) in [6, 6.07) is 14.9. The number of carbonyl (C=O) groups is 1. The molecule has 27 heavy (non-hydrogen) atoms. The standard InChI is InChI=1S/C25H28O2/c1-16-3-7-18(8-4-16)27-19-9-5-17-6-10-21-20(22(17)15-19)13-14-25(2)23(21)11-12-24(25)26/h3-5,7-9,15,20-21,23H,6,10-14H2,1-2H3/t20-,21+,23-,25-/m0/s1. The molecule has 2 saturated carbocycles. The van der Waals surface area contributed by atoms with Crippen LogP contribution in [0.1, 0.15) is 61.6 Å². The normalized spacial score (nSPS) is 31.8. The SMILES string of the molecule is Cc1ccc(Oc2ccc3c(c2)[C@H]2CC[C@]4(C)C(=O)CC[C@H]4[C@@H]2CC3)cc1. The largest absolute Gasteiger partial charge is 0.457 e. The molecule has 2 heteroatoms. The van der Waals surface area contributed by atoms with Crippen molar-refractivity contribution >= 4 is 5.78 Å². The van der Waals surface area contributed by atoms with Gasteiger partial charge < -0.3 is 4.74 Å². The molecule has 5 rings (SSSR count). The molecule has 2 aromatic carbocycles. The summed E-state index contributed by atoms with van der Waals surface area (Å²) in [6.45, 7) is 4.34. The number of hydrogen-bond donors (Lipinski definition) is 0. The molecule has 0 N–H and O–H groups in total. The molecule has 3 aliphatic carbocycles. The van der Waals surface area contributed by atoms with Gasteiger partial charge in [-0.15, -0.1) is 0 Å². The number of aryl methyl sites for hydroxylation is 2. The highest BCUT2D eigenvalue weighted by Crippen LogP contribution is 2.59. The zero-order valence-electron chi connectivity index (χ0n) is 16.3. The first-order valence-corrected chi connectivity index (χ1v) is 10.5. The summed E-state index contributed by atoms with van der Waals surface area (Å²) in [5.74, 6) is 4.20. The minimum atomic E-state index is -0.0469. The maximum absolute atomic E-state index is 12.5. The number of ketones is 1. The lowest BCUT2D eigenvalue weighted by Crippen LogP contribution is -2.42. The van der Waals surface area contributed by atoms with E-state index in [4.69, 9.17) is 4.74 Å². The molecule has 3 aliphatic rings. The Hall–Kier alpha value is -2.09. The van der Waals surface area contributed by atoms with Crippen LogP contribution in [-0.2, 0) is 11.2 Å². The van der Waals surface area contributed by atoms with Crippen LogP contribution in [0.15, 0.2) is 42.5 Å². The van der Waals surface area contributed by atoms with E-state index in [0.29, 0.717) is 23.5 Å². The third-order valence-electron chi connectivity index (χ3n) is 7.67. The van der Waals surface area contributed by atoms with Gasteiger partial charge in [-0.3, -0.25) is 4.79 Å². The molecule has 0 aromatic heterocycles. The van der Waals surface area contributed by atoms with Gasteiger partial charge >= 0.3 is 0 Å². The van der Waals surface area contributed by atoms with Crippen LogP contribution in [0.3, 0.4) is 0 Å². The number of benzene rings is 2. The highest BCUT2D eigenvalue weighted by atomic mass is 16.5. The second-order valence-corrected chi connectivity index (χ2v) is 9.11. The number of rotatable bonds is 2. The average molecular weight is 360 g/mol. The zero-order valence-corrected chi connectivity index (χ0v) is 16.3. The number of ether oxygens (including phenoxy) is 1. The molecule has 0 spiro atoms. The first-order valence-electron chi connectivity index (χ1n) is 10.5. The van der Waals surface area contributed by atoms with Gasteiger partial charge in [0.15, 0.2) is 0 Å². The zero-order chi connectivity index (χ0) is 18.6. The van der Waals surface area contributed by atoms with E-state index in [1.807, 2.05) is 12.1 Å². The molecule has 2 nitrogen and oxygen atoms in total. The Balaban J connectivity index is 1.44. The third kappa shape index (κ3) is 2.72. The second-order valence-electron chi connectivity index (χ2n) is 9.11. The lowest BCUT2D eigenvalue weighted by atomic mass is 9.55. The Morgan fingerprint density at radius 1 is 0.963 bits per heavy atom. The van der Waals surface area contributed by atoms with Crippen molar-refractivity contribution < 1.29 is 9.53 Å². The van der Waals surface area contributed by atoms with Gasteiger partial charge in [0.2, 0.25) is 0 Å². The van der Waals surface area contributed by atoms with Gasteiger partial charge in [0.25, 0.3) is 0 Å². The molecule has 0 saturated heterocycles. The van der Waals surface area contributed by atoms with E-state index in [1.165, 1.54) is 23.1 Å². The first-order chi connectivity index (χ1) is 13.0. The van der Waals surface area contributed by atoms with Crippen molar-refractivity contribution in [3.8, 4) is 11.5 Å². The third-order valence-corrected chi connectivity index (χ3v) is 7.67. The van der Waals surface area contributed by atoms with Crippen LogP contribution >= 0.6 is 0 Å². The van der Waals surface area contributed by atoms with Gasteiger partial charge in [0, 0.05) is 11.8 Å². The van der Waals surface area contributed by atoms with Gasteiger partial charge in [-0.1, -0.05) is 30.7 Å². The lowest BCUT2D eigenvalue weighted by molar-refractivity contribution is -0.129. The van der Waals surface area contributed by atoms with Gasteiger partial charge in [-0.05, 0) is 92.2 Å². The fourth-order valence-electron chi connectivity index (χ4n) is 6.12. The number of Topliss-reactive ketones (excluding diaryl/α,β-unsaturated/α-hetero) is 1. The Bertz CT molecular complexity index is 882. The molecule has 0 aliphatic heterocycles. The minimum absolute atomic E-state index is 0.0469. The number of hydrogen-bond acceptors (Lipinski definition) is 2. The molecule has 0 radical (unpaired) electrons. The predicted octanol–water partition coefficient (Wildman–Crippen LogP) is 6.21. The van der Waals surface area contributed by atoms with E-state index >= 15 is 0 Å². The van der Waals surface area contributed by atoms with Crippen LogP contribution in [0.25, 0.3) is 0 Å². The molecule has 0 bridgehead atoms. The summed E-state index contributed by atoms with van der Waals surface area (Å²) in [4.78, 5) is 12.5. The molecule has 140 valence electrons. The van der Waals surface area contributed by atoms with Crippen LogP contribution in [0.5, 0.6) is 11.5 Å². The van der Waals surface area contributed by atoms with E-state index < -0.39 is 0 Å². The van der Waals surface area contributed by atoms with Crippen LogP contribution in [-0.4, -0.2) is 5.78 Å². The molecule has 4 atom stereocenters. The summed E-state index contributed by atoms with van der Waals surface area (Å²) in [6.07, 6.45) is 6.48. The van der Waals surface area contributed by atoms with Crippen LogP contribution in [0, 0.1) is 24.2 Å². The molecule has 0 heterocycles. The van der Waals surface area contributed by atoms with Gasteiger partial charge in [-0.2, -0.15) is 0 Å². The molecule has 0 unspecified atom stereocenters. The Morgan fingerprint density at radius 3 is 2.56 bits per heavy atom. The van der Waals surface area contributed by atoms with Crippen LogP contribution < -0.4 is 4.74 Å². The number of fused-ring (bicyclic) bond motifs is 5. The summed E-state index contributed by atoms with van der Waals surface area (Å²) < 4.78 is 6.15. The highest BCUT2D eigenvalue weighted by Gasteiger charge is 2.54. The monoisotopic (exact) mass is 360 g/mol. The highest BCUT2D eigenvalue weighted by molar-refractivity contribution is 5.87. The first kappa shape index (κ1) is 17.0. The fourth-order valence-corrected chi connectivity index (χ4v) is 6.12. The smallest absolute Gasteiger partial charge is 0.139 e. The average Bonchev–Trinajstić information content (AvgIpc) is 2.98. The summed E-state index contributed by atoms with van der Waals surface area (Å²) in [5.41, 5.74) is 4.17. The van der Waals surface area contributed by atoms with E-state index in [1.54, 1.807) is 0 Å². The van der Waals surface area contributed by atoms with Crippen molar-refractivity contribution in [3.63, 3.8) is 0 Å². The molecule has 0 amide bonds. The van der Waals surface area contributed by atoms with Crippen molar-refractivity contribution in [1.29, 1.82) is 0 Å². The Labute approximate surface area is 161 Å². The van der Waals surface area contributed by atoms with Gasteiger partial charge in [0.05, 0.1) is 0 Å². The molecular formula is C25H28O2. The minimum Gasteiger partial charge on any atom is -0.457 e. The van der Waals surface area contributed by atoms with Crippen molar-refractivity contribution in [2.24, 2.45) is 17.3 Å². The summed E-state index contributed by atoms with van der Waals surface area (Å²) >= 11 is 0. The maximum atomic E-state index is 12.5. The van der Waals surface area contributed by atoms with E-state index in [0.717, 1.165) is 43.6 Å². The van der Waals surface area contributed by atoms with Gasteiger partial charge in [-0.25, -0.2) is 0 Å². The summed E-state index contributed by atoms with van der Waals surface area (Å²) in [7, 11) is 0. The lowest BCUT2D eigenvalue weighted by Gasteiger charge is -2.48. The second kappa shape index (κ2) is 6.22. The fraction of sp³-hybridized carbons (Fsp3) is 0.480. The van der Waals surface area contributed by atoms with Crippen molar-refractivity contribution in [1.82, 2.24) is 0 Å². The topological polar surface area (TPSA) is 26.3 Å². The van der Waals surface area contributed by atoms with Gasteiger partial charge in [0.1, 0.15) is 17.3 Å². The number of carbonyl (C=O) groups excluding carboxylic acids is 1. The molecule has 2 aromatic rings. The van der Waals surface area contributed by atoms with E-state index in [-0.39, 0.29) is 5.41 Å². The van der Waals surface area contributed by atoms with E-state index in [2.05, 4.69) is 44.2 Å². The van der Waals surface area contributed by atoms with E-state index in [9.17, 15) is 4.79 Å².